The van der Waals surface area contributed by atoms with Gasteiger partial charge in [0.25, 0.3) is 0 Å². The van der Waals surface area contributed by atoms with Gasteiger partial charge in [0, 0.05) is 10.5 Å². The molecule has 2 bridgehead atoms. The second-order valence-corrected chi connectivity index (χ2v) is 7.02. The van der Waals surface area contributed by atoms with Crippen molar-refractivity contribution in [2.45, 2.75) is 38.1 Å². The summed E-state index contributed by atoms with van der Waals surface area (Å²) in [4.78, 5) is 0. The SMILES string of the molecule is COc1ccc(Br)c(CC(N)C2CC3CCC2C3)c1. The fourth-order valence-corrected chi connectivity index (χ4v) is 4.47. The molecule has 0 amide bonds. The van der Waals surface area contributed by atoms with Gasteiger partial charge in [-0.2, -0.15) is 0 Å². The zero-order valence-electron chi connectivity index (χ0n) is 11.4. The molecule has 0 radical (unpaired) electrons. The number of benzene rings is 1. The monoisotopic (exact) mass is 323 g/mol. The van der Waals surface area contributed by atoms with Crippen molar-refractivity contribution in [1.82, 2.24) is 0 Å². The highest BCUT2D eigenvalue weighted by Crippen LogP contribution is 2.49. The molecular formula is C16H22BrNO. The van der Waals surface area contributed by atoms with Gasteiger partial charge < -0.3 is 10.5 Å². The zero-order chi connectivity index (χ0) is 13.4. The summed E-state index contributed by atoms with van der Waals surface area (Å²) in [6, 6.07) is 6.44. The van der Waals surface area contributed by atoms with Crippen LogP contribution in [0.25, 0.3) is 0 Å². The molecule has 4 unspecified atom stereocenters. The Morgan fingerprint density at radius 3 is 2.84 bits per heavy atom. The number of methoxy groups -OCH3 is 1. The minimum atomic E-state index is 0.290. The Morgan fingerprint density at radius 2 is 2.21 bits per heavy atom. The Morgan fingerprint density at radius 1 is 1.37 bits per heavy atom. The van der Waals surface area contributed by atoms with E-state index in [0.29, 0.717) is 6.04 Å². The van der Waals surface area contributed by atoms with Gasteiger partial charge in [-0.15, -0.1) is 0 Å². The molecule has 0 spiro atoms. The number of ether oxygens (including phenoxy) is 1. The number of nitrogens with two attached hydrogens (primary N) is 1. The van der Waals surface area contributed by atoms with E-state index in [-0.39, 0.29) is 0 Å². The molecule has 2 aliphatic rings. The maximum absolute atomic E-state index is 6.50. The van der Waals surface area contributed by atoms with Crippen LogP contribution >= 0.6 is 15.9 Å². The predicted molar refractivity (Wildman–Crippen MR) is 81.3 cm³/mol. The molecule has 0 aliphatic heterocycles. The van der Waals surface area contributed by atoms with Crippen molar-refractivity contribution >= 4 is 15.9 Å². The number of hydrogen-bond acceptors (Lipinski definition) is 2. The molecule has 0 heterocycles. The van der Waals surface area contributed by atoms with Crippen LogP contribution in [0.2, 0.25) is 0 Å². The molecule has 2 nitrogen and oxygen atoms in total. The lowest BCUT2D eigenvalue weighted by atomic mass is 9.81. The van der Waals surface area contributed by atoms with Gasteiger partial charge in [-0.05, 0) is 67.2 Å². The Balaban J connectivity index is 1.70. The molecule has 1 aromatic rings. The molecule has 2 aliphatic carbocycles. The zero-order valence-corrected chi connectivity index (χ0v) is 13.0. The van der Waals surface area contributed by atoms with Crippen molar-refractivity contribution < 1.29 is 4.74 Å². The highest BCUT2D eigenvalue weighted by atomic mass is 79.9. The average Bonchev–Trinajstić information content (AvgIpc) is 3.03. The van der Waals surface area contributed by atoms with Crippen molar-refractivity contribution in [1.29, 1.82) is 0 Å². The van der Waals surface area contributed by atoms with E-state index >= 15 is 0 Å². The van der Waals surface area contributed by atoms with Gasteiger partial charge in [0.05, 0.1) is 7.11 Å². The molecule has 104 valence electrons. The molecule has 0 saturated heterocycles. The van der Waals surface area contributed by atoms with E-state index in [4.69, 9.17) is 10.5 Å². The fraction of sp³-hybridized carbons (Fsp3) is 0.625. The summed E-state index contributed by atoms with van der Waals surface area (Å²) in [5.41, 5.74) is 7.77. The van der Waals surface area contributed by atoms with Gasteiger partial charge in [-0.1, -0.05) is 22.4 Å². The van der Waals surface area contributed by atoms with Gasteiger partial charge in [0.15, 0.2) is 0 Å². The summed E-state index contributed by atoms with van der Waals surface area (Å²) in [7, 11) is 1.71. The fourth-order valence-electron chi connectivity index (χ4n) is 4.06. The van der Waals surface area contributed by atoms with Crippen molar-refractivity contribution in [3.05, 3.63) is 28.2 Å². The second-order valence-electron chi connectivity index (χ2n) is 6.16. The predicted octanol–water partition coefficient (Wildman–Crippen LogP) is 3.76. The lowest BCUT2D eigenvalue weighted by Gasteiger charge is -2.28. The van der Waals surface area contributed by atoms with Crippen molar-refractivity contribution in [2.24, 2.45) is 23.5 Å². The van der Waals surface area contributed by atoms with E-state index < -0.39 is 0 Å². The number of rotatable bonds is 4. The molecular weight excluding hydrogens is 302 g/mol. The normalized spacial score (nSPS) is 30.6. The minimum absolute atomic E-state index is 0.290. The molecule has 4 atom stereocenters. The van der Waals surface area contributed by atoms with Gasteiger partial charge in [0.2, 0.25) is 0 Å². The third-order valence-electron chi connectivity index (χ3n) is 5.05. The van der Waals surface area contributed by atoms with Crippen LogP contribution in [0, 0.1) is 17.8 Å². The Bertz CT molecular complexity index is 462. The Labute approximate surface area is 123 Å². The van der Waals surface area contributed by atoms with E-state index in [9.17, 15) is 0 Å². The Kier molecular flexibility index (Phi) is 3.86. The van der Waals surface area contributed by atoms with Gasteiger partial charge >= 0.3 is 0 Å². The summed E-state index contributed by atoms with van der Waals surface area (Å²) >= 11 is 3.63. The van der Waals surface area contributed by atoms with Crippen LogP contribution in [-0.2, 0) is 6.42 Å². The van der Waals surface area contributed by atoms with Crippen LogP contribution in [0.15, 0.2) is 22.7 Å². The largest absolute Gasteiger partial charge is 0.497 e. The van der Waals surface area contributed by atoms with E-state index in [1.807, 2.05) is 6.07 Å². The average molecular weight is 324 g/mol. The van der Waals surface area contributed by atoms with Crippen LogP contribution in [0.4, 0.5) is 0 Å². The van der Waals surface area contributed by atoms with E-state index in [1.54, 1.807) is 7.11 Å². The maximum Gasteiger partial charge on any atom is 0.119 e. The third kappa shape index (κ3) is 2.68. The lowest BCUT2D eigenvalue weighted by molar-refractivity contribution is 0.280. The highest BCUT2D eigenvalue weighted by Gasteiger charge is 2.41. The van der Waals surface area contributed by atoms with Crippen LogP contribution < -0.4 is 10.5 Å². The first kappa shape index (κ1) is 13.4. The number of fused-ring (bicyclic) bond motifs is 2. The summed E-state index contributed by atoms with van der Waals surface area (Å²) < 4.78 is 6.45. The smallest absolute Gasteiger partial charge is 0.119 e. The van der Waals surface area contributed by atoms with Crippen molar-refractivity contribution in [3.8, 4) is 5.75 Å². The molecule has 2 N–H and O–H groups in total. The number of hydrogen-bond donors (Lipinski definition) is 1. The summed E-state index contributed by atoms with van der Waals surface area (Å²) in [6.45, 7) is 0. The van der Waals surface area contributed by atoms with E-state index in [2.05, 4.69) is 28.1 Å². The van der Waals surface area contributed by atoms with Crippen molar-refractivity contribution in [3.63, 3.8) is 0 Å². The highest BCUT2D eigenvalue weighted by molar-refractivity contribution is 9.10. The van der Waals surface area contributed by atoms with E-state index in [1.165, 1.54) is 31.2 Å². The molecule has 3 heteroatoms. The van der Waals surface area contributed by atoms with Gasteiger partial charge in [-0.3, -0.25) is 0 Å². The molecule has 0 aromatic heterocycles. The van der Waals surface area contributed by atoms with Crippen LogP contribution in [0.3, 0.4) is 0 Å². The number of halogens is 1. The first-order chi connectivity index (χ1) is 9.17. The summed E-state index contributed by atoms with van der Waals surface area (Å²) in [6.07, 6.45) is 6.58. The molecule has 2 fully saturated rings. The minimum Gasteiger partial charge on any atom is -0.497 e. The van der Waals surface area contributed by atoms with Gasteiger partial charge in [-0.25, -0.2) is 0 Å². The van der Waals surface area contributed by atoms with Crippen LogP contribution in [0.1, 0.15) is 31.2 Å². The molecule has 2 saturated carbocycles. The second kappa shape index (κ2) is 5.45. The van der Waals surface area contributed by atoms with Crippen LogP contribution in [-0.4, -0.2) is 13.2 Å². The first-order valence-corrected chi connectivity index (χ1v) is 8.04. The quantitative estimate of drug-likeness (QED) is 0.915. The molecule has 3 rings (SSSR count). The van der Waals surface area contributed by atoms with E-state index in [0.717, 1.165) is 34.4 Å². The Hall–Kier alpha value is -0.540. The van der Waals surface area contributed by atoms with Crippen LogP contribution in [0.5, 0.6) is 5.75 Å². The molecule has 19 heavy (non-hydrogen) atoms. The lowest BCUT2D eigenvalue weighted by Crippen LogP contribution is -2.35. The first-order valence-electron chi connectivity index (χ1n) is 7.25. The third-order valence-corrected chi connectivity index (χ3v) is 5.82. The van der Waals surface area contributed by atoms with Crippen molar-refractivity contribution in [2.75, 3.05) is 7.11 Å². The molecule has 1 aromatic carbocycles. The summed E-state index contributed by atoms with van der Waals surface area (Å²) in [5.74, 6) is 3.51. The standard InChI is InChI=1S/C16H22BrNO/c1-19-13-4-5-15(17)12(8-13)9-16(18)14-7-10-2-3-11(14)6-10/h4-5,8,10-11,14,16H,2-3,6-7,9,18H2,1H3. The maximum atomic E-state index is 6.50. The topological polar surface area (TPSA) is 35.2 Å². The van der Waals surface area contributed by atoms with Gasteiger partial charge in [0.1, 0.15) is 5.75 Å². The summed E-state index contributed by atoms with van der Waals surface area (Å²) in [5, 5.41) is 0.